The molecule has 8 heteroatoms. The van der Waals surface area contributed by atoms with E-state index in [1.807, 2.05) is 13.0 Å². The number of hydrogen-bond acceptors (Lipinski definition) is 3. The van der Waals surface area contributed by atoms with Gasteiger partial charge in [0.1, 0.15) is 5.75 Å². The highest BCUT2D eigenvalue weighted by Crippen LogP contribution is 2.23. The topological polar surface area (TPSA) is 58.6 Å². The number of alkyl halides is 3. The molecular formula is C18H17F3N2O3. The molecule has 26 heavy (non-hydrogen) atoms. The molecule has 2 aromatic rings. The molecule has 0 fully saturated rings. The maximum absolute atomic E-state index is 12.3. The number of aryl methyl sites for hydroxylation is 1. The Bertz CT molecular complexity index is 789. The molecule has 0 saturated heterocycles. The van der Waals surface area contributed by atoms with Gasteiger partial charge in [0, 0.05) is 18.3 Å². The summed E-state index contributed by atoms with van der Waals surface area (Å²) >= 11 is 0. The minimum absolute atomic E-state index is 0.201. The Morgan fingerprint density at radius 1 is 1.12 bits per heavy atom. The predicted octanol–water partition coefficient (Wildman–Crippen LogP) is 3.60. The number of hydrogen-bond donors (Lipinski definition) is 1. The average molecular weight is 366 g/mol. The molecule has 2 aromatic carbocycles. The number of halogens is 3. The van der Waals surface area contributed by atoms with Gasteiger partial charge in [0.25, 0.3) is 5.91 Å². The van der Waals surface area contributed by atoms with Gasteiger partial charge in [-0.2, -0.15) is 0 Å². The van der Waals surface area contributed by atoms with E-state index >= 15 is 0 Å². The third kappa shape index (κ3) is 5.80. The molecule has 0 radical (unpaired) electrons. The van der Waals surface area contributed by atoms with Gasteiger partial charge in [-0.1, -0.05) is 17.7 Å². The van der Waals surface area contributed by atoms with E-state index in [0.29, 0.717) is 11.3 Å². The fourth-order valence-corrected chi connectivity index (χ4v) is 2.23. The van der Waals surface area contributed by atoms with Gasteiger partial charge < -0.3 is 15.0 Å². The van der Waals surface area contributed by atoms with Crippen molar-refractivity contribution >= 4 is 17.5 Å². The third-order valence-electron chi connectivity index (χ3n) is 3.36. The number of carbonyl (C=O) groups excluding carboxylic acids is 2. The number of likely N-dealkylation sites (N-methyl/N-ethyl adjacent to an activating group) is 1. The number of nitrogens with one attached hydrogen (secondary N) is 1. The van der Waals surface area contributed by atoms with Crippen molar-refractivity contribution in [2.45, 2.75) is 13.3 Å². The Morgan fingerprint density at radius 3 is 2.35 bits per heavy atom. The molecule has 0 aliphatic heterocycles. The van der Waals surface area contributed by atoms with E-state index in [4.69, 9.17) is 0 Å². The molecule has 0 saturated carbocycles. The Kier molecular flexibility index (Phi) is 5.86. The molecule has 2 amide bonds. The van der Waals surface area contributed by atoms with E-state index in [-0.39, 0.29) is 18.2 Å². The predicted molar refractivity (Wildman–Crippen MR) is 89.9 cm³/mol. The summed E-state index contributed by atoms with van der Waals surface area (Å²) in [6, 6.07) is 11.7. The van der Waals surface area contributed by atoms with Crippen LogP contribution < -0.4 is 10.1 Å². The van der Waals surface area contributed by atoms with E-state index in [1.54, 1.807) is 18.2 Å². The Labute approximate surface area is 148 Å². The van der Waals surface area contributed by atoms with E-state index in [9.17, 15) is 22.8 Å². The average Bonchev–Trinajstić information content (AvgIpc) is 2.54. The third-order valence-corrected chi connectivity index (χ3v) is 3.36. The lowest BCUT2D eigenvalue weighted by atomic mass is 10.1. The lowest BCUT2D eigenvalue weighted by Crippen LogP contribution is -2.34. The highest BCUT2D eigenvalue weighted by molar-refractivity contribution is 5.99. The van der Waals surface area contributed by atoms with Crippen molar-refractivity contribution in [1.29, 1.82) is 0 Å². The van der Waals surface area contributed by atoms with E-state index in [1.165, 1.54) is 24.1 Å². The van der Waals surface area contributed by atoms with E-state index in [0.717, 1.165) is 17.7 Å². The molecule has 0 atom stereocenters. The molecule has 0 heterocycles. The van der Waals surface area contributed by atoms with Gasteiger partial charge in [-0.05, 0) is 43.3 Å². The second-order valence-electron chi connectivity index (χ2n) is 5.65. The van der Waals surface area contributed by atoms with Crippen LogP contribution in [0.3, 0.4) is 0 Å². The minimum atomic E-state index is -4.77. The van der Waals surface area contributed by atoms with E-state index in [2.05, 4.69) is 10.1 Å². The van der Waals surface area contributed by atoms with Crippen molar-refractivity contribution in [3.05, 3.63) is 59.7 Å². The van der Waals surface area contributed by atoms with Crippen LogP contribution in [0.5, 0.6) is 5.75 Å². The van der Waals surface area contributed by atoms with Crippen molar-refractivity contribution in [3.63, 3.8) is 0 Å². The number of benzene rings is 2. The van der Waals surface area contributed by atoms with Crippen LogP contribution in [0.1, 0.15) is 15.9 Å². The Morgan fingerprint density at radius 2 is 1.77 bits per heavy atom. The standard InChI is InChI=1S/C18H17F3N2O3/c1-12-4-3-5-13(10-12)17(25)23(2)11-16(24)22-14-6-8-15(9-7-14)26-18(19,20)21/h3-10H,11H2,1-2H3,(H,22,24). The number of ether oxygens (including phenoxy) is 1. The summed E-state index contributed by atoms with van der Waals surface area (Å²) in [5.41, 5.74) is 1.68. The molecule has 0 aliphatic rings. The quantitative estimate of drug-likeness (QED) is 0.880. The van der Waals surface area contributed by atoms with Crippen molar-refractivity contribution < 1.29 is 27.5 Å². The molecule has 138 valence electrons. The second kappa shape index (κ2) is 7.90. The Hall–Kier alpha value is -3.03. The first-order chi connectivity index (χ1) is 12.1. The first kappa shape index (κ1) is 19.3. The summed E-state index contributed by atoms with van der Waals surface area (Å²) in [6.07, 6.45) is -4.77. The zero-order valence-electron chi connectivity index (χ0n) is 14.1. The molecule has 0 spiro atoms. The zero-order chi connectivity index (χ0) is 19.3. The first-order valence-corrected chi connectivity index (χ1v) is 7.62. The summed E-state index contributed by atoms with van der Waals surface area (Å²) in [7, 11) is 1.49. The number of rotatable bonds is 5. The second-order valence-corrected chi connectivity index (χ2v) is 5.65. The van der Waals surface area contributed by atoms with Crippen molar-refractivity contribution in [3.8, 4) is 5.75 Å². The van der Waals surface area contributed by atoms with Crippen molar-refractivity contribution in [2.75, 3.05) is 18.9 Å². The first-order valence-electron chi connectivity index (χ1n) is 7.62. The van der Waals surface area contributed by atoms with Crippen LogP contribution in [0.4, 0.5) is 18.9 Å². The lowest BCUT2D eigenvalue weighted by Gasteiger charge is -2.17. The molecule has 0 aromatic heterocycles. The molecule has 0 unspecified atom stereocenters. The summed E-state index contributed by atoms with van der Waals surface area (Å²) in [6.45, 7) is 1.66. The van der Waals surface area contributed by atoms with Crippen LogP contribution in [-0.2, 0) is 4.79 Å². The summed E-state index contributed by atoms with van der Waals surface area (Å²) < 4.78 is 40.1. The monoisotopic (exact) mass is 366 g/mol. The van der Waals surface area contributed by atoms with Crippen molar-refractivity contribution in [2.24, 2.45) is 0 Å². The number of anilines is 1. The lowest BCUT2D eigenvalue weighted by molar-refractivity contribution is -0.274. The van der Waals surface area contributed by atoms with E-state index < -0.39 is 12.3 Å². The highest BCUT2D eigenvalue weighted by Gasteiger charge is 2.31. The normalized spacial score (nSPS) is 11.0. The number of carbonyl (C=O) groups is 2. The molecule has 5 nitrogen and oxygen atoms in total. The van der Waals surface area contributed by atoms with Gasteiger partial charge in [-0.15, -0.1) is 13.2 Å². The zero-order valence-corrected chi connectivity index (χ0v) is 14.1. The fourth-order valence-electron chi connectivity index (χ4n) is 2.23. The number of amides is 2. The van der Waals surface area contributed by atoms with Gasteiger partial charge in [0.15, 0.2) is 0 Å². The van der Waals surface area contributed by atoms with Crippen LogP contribution in [0, 0.1) is 6.92 Å². The maximum Gasteiger partial charge on any atom is 0.573 e. The molecule has 0 aliphatic carbocycles. The molecular weight excluding hydrogens is 349 g/mol. The van der Waals surface area contributed by atoms with Crippen LogP contribution in [0.15, 0.2) is 48.5 Å². The molecule has 2 rings (SSSR count). The smallest absolute Gasteiger partial charge is 0.406 e. The Balaban J connectivity index is 1.92. The number of nitrogens with zero attached hydrogens (tertiary/aromatic N) is 1. The van der Waals surface area contributed by atoms with Gasteiger partial charge in [0.2, 0.25) is 5.91 Å². The van der Waals surface area contributed by atoms with Gasteiger partial charge >= 0.3 is 6.36 Å². The largest absolute Gasteiger partial charge is 0.573 e. The van der Waals surface area contributed by atoms with Crippen molar-refractivity contribution in [1.82, 2.24) is 4.90 Å². The van der Waals surface area contributed by atoms with Crippen LogP contribution in [0.2, 0.25) is 0 Å². The minimum Gasteiger partial charge on any atom is -0.406 e. The molecule has 0 bridgehead atoms. The van der Waals surface area contributed by atoms with Crippen LogP contribution in [0.25, 0.3) is 0 Å². The van der Waals surface area contributed by atoms with Gasteiger partial charge in [-0.25, -0.2) is 0 Å². The van der Waals surface area contributed by atoms with Gasteiger partial charge in [0.05, 0.1) is 6.54 Å². The SMILES string of the molecule is Cc1cccc(C(=O)N(C)CC(=O)Nc2ccc(OC(F)(F)F)cc2)c1. The summed E-state index contributed by atoms with van der Waals surface area (Å²) in [5.74, 6) is -1.17. The maximum atomic E-state index is 12.3. The highest BCUT2D eigenvalue weighted by atomic mass is 19.4. The fraction of sp³-hybridized carbons (Fsp3) is 0.222. The molecule has 1 N–H and O–H groups in total. The summed E-state index contributed by atoms with van der Waals surface area (Å²) in [5, 5.41) is 2.51. The van der Waals surface area contributed by atoms with Gasteiger partial charge in [-0.3, -0.25) is 9.59 Å². The summed E-state index contributed by atoms with van der Waals surface area (Å²) in [4.78, 5) is 25.6. The van der Waals surface area contributed by atoms with Crippen LogP contribution >= 0.6 is 0 Å². The van der Waals surface area contributed by atoms with Crippen LogP contribution in [-0.4, -0.2) is 36.7 Å².